The predicted octanol–water partition coefficient (Wildman–Crippen LogP) is 7.35. The largest absolute Gasteiger partial charge is 0.455 e. The SMILES string of the molecule is Cc1cc(C)c2[nH]c3c4cc5c(cc4ccc3c2c1)Sc1ccccc1O5. The molecular weight excluding hydrogens is 350 g/mol. The molecule has 0 saturated heterocycles. The zero-order chi connectivity index (χ0) is 18.1. The first-order valence-electron chi connectivity index (χ1n) is 9.11. The van der Waals surface area contributed by atoms with E-state index < -0.39 is 0 Å². The van der Waals surface area contributed by atoms with Crippen LogP contribution in [0.3, 0.4) is 0 Å². The Hall–Kier alpha value is -2.91. The second-order valence-corrected chi connectivity index (χ2v) is 8.37. The maximum atomic E-state index is 6.22. The maximum Gasteiger partial charge on any atom is 0.142 e. The zero-order valence-electron chi connectivity index (χ0n) is 15.1. The topological polar surface area (TPSA) is 25.0 Å². The molecule has 4 aromatic carbocycles. The van der Waals surface area contributed by atoms with Gasteiger partial charge in [-0.3, -0.25) is 0 Å². The van der Waals surface area contributed by atoms with E-state index in [1.165, 1.54) is 53.5 Å². The lowest BCUT2D eigenvalue weighted by Gasteiger charge is -2.20. The van der Waals surface area contributed by atoms with Crippen molar-refractivity contribution >= 4 is 44.3 Å². The molecule has 0 spiro atoms. The van der Waals surface area contributed by atoms with Gasteiger partial charge in [-0.25, -0.2) is 0 Å². The summed E-state index contributed by atoms with van der Waals surface area (Å²) in [5, 5.41) is 5.01. The molecule has 3 heteroatoms. The van der Waals surface area contributed by atoms with Gasteiger partial charge in [0.05, 0.1) is 15.3 Å². The summed E-state index contributed by atoms with van der Waals surface area (Å²) in [6.45, 7) is 4.33. The molecule has 2 nitrogen and oxygen atoms in total. The lowest BCUT2D eigenvalue weighted by atomic mass is 10.0. The van der Waals surface area contributed by atoms with Gasteiger partial charge in [-0.2, -0.15) is 0 Å². The van der Waals surface area contributed by atoms with E-state index >= 15 is 0 Å². The summed E-state index contributed by atoms with van der Waals surface area (Å²) >= 11 is 1.78. The van der Waals surface area contributed by atoms with Crippen molar-refractivity contribution in [2.24, 2.45) is 0 Å². The Labute approximate surface area is 161 Å². The fraction of sp³-hybridized carbons (Fsp3) is 0.0833. The fourth-order valence-corrected chi connectivity index (χ4v) is 5.16. The highest BCUT2D eigenvalue weighted by atomic mass is 32.2. The minimum absolute atomic E-state index is 0.935. The van der Waals surface area contributed by atoms with Gasteiger partial charge in [0, 0.05) is 21.7 Å². The summed E-state index contributed by atoms with van der Waals surface area (Å²) in [6.07, 6.45) is 0. The summed E-state index contributed by atoms with van der Waals surface area (Å²) in [7, 11) is 0. The van der Waals surface area contributed by atoms with Crippen LogP contribution in [0.15, 0.2) is 70.5 Å². The van der Waals surface area contributed by atoms with Gasteiger partial charge in [-0.15, -0.1) is 0 Å². The Morgan fingerprint density at radius 2 is 1.63 bits per heavy atom. The van der Waals surface area contributed by atoms with Gasteiger partial charge < -0.3 is 9.72 Å². The quantitative estimate of drug-likeness (QED) is 0.304. The van der Waals surface area contributed by atoms with Crippen molar-refractivity contribution in [1.29, 1.82) is 0 Å². The highest BCUT2D eigenvalue weighted by Gasteiger charge is 2.19. The first kappa shape index (κ1) is 15.2. The van der Waals surface area contributed by atoms with Crippen molar-refractivity contribution < 1.29 is 4.74 Å². The van der Waals surface area contributed by atoms with Gasteiger partial charge in [0.25, 0.3) is 0 Å². The van der Waals surface area contributed by atoms with Crippen LogP contribution in [0.5, 0.6) is 11.5 Å². The second-order valence-electron chi connectivity index (χ2n) is 7.29. The smallest absolute Gasteiger partial charge is 0.142 e. The van der Waals surface area contributed by atoms with E-state index in [1.807, 2.05) is 12.1 Å². The van der Waals surface area contributed by atoms with E-state index in [-0.39, 0.29) is 0 Å². The number of aromatic nitrogens is 1. The Balaban J connectivity index is 1.66. The van der Waals surface area contributed by atoms with Crippen molar-refractivity contribution in [3.8, 4) is 11.5 Å². The van der Waals surface area contributed by atoms with E-state index in [0.29, 0.717) is 0 Å². The lowest BCUT2D eigenvalue weighted by Crippen LogP contribution is -1.94. The average molecular weight is 367 g/mol. The fourth-order valence-electron chi connectivity index (χ4n) is 4.18. The van der Waals surface area contributed by atoms with Gasteiger partial charge in [0.2, 0.25) is 0 Å². The molecule has 6 rings (SSSR count). The summed E-state index contributed by atoms with van der Waals surface area (Å²) < 4.78 is 6.22. The van der Waals surface area contributed by atoms with Crippen LogP contribution < -0.4 is 4.74 Å². The molecule has 0 fully saturated rings. The molecular formula is C24H17NOS. The van der Waals surface area contributed by atoms with Crippen LogP contribution in [0.1, 0.15) is 11.1 Å². The van der Waals surface area contributed by atoms with E-state index in [4.69, 9.17) is 4.74 Å². The van der Waals surface area contributed by atoms with Gasteiger partial charge in [0.1, 0.15) is 11.5 Å². The van der Waals surface area contributed by atoms with Crippen molar-refractivity contribution in [1.82, 2.24) is 4.98 Å². The molecule has 0 atom stereocenters. The minimum Gasteiger partial charge on any atom is -0.455 e. The molecule has 1 aromatic heterocycles. The number of H-pyrrole nitrogens is 1. The van der Waals surface area contributed by atoms with Crippen LogP contribution in [-0.2, 0) is 0 Å². The number of hydrogen-bond acceptors (Lipinski definition) is 2. The zero-order valence-corrected chi connectivity index (χ0v) is 15.9. The number of aryl methyl sites for hydroxylation is 2. The molecule has 0 unspecified atom stereocenters. The van der Waals surface area contributed by atoms with Gasteiger partial charge in [-0.1, -0.05) is 47.7 Å². The first-order valence-corrected chi connectivity index (χ1v) is 9.93. The number of ether oxygens (including phenoxy) is 1. The first-order chi connectivity index (χ1) is 13.2. The van der Waals surface area contributed by atoms with Crippen molar-refractivity contribution in [2.75, 3.05) is 0 Å². The molecule has 1 aliphatic heterocycles. The summed E-state index contributed by atoms with van der Waals surface area (Å²) in [4.78, 5) is 6.02. The molecule has 2 heterocycles. The van der Waals surface area contributed by atoms with Gasteiger partial charge in [-0.05, 0) is 55.1 Å². The summed E-state index contributed by atoms with van der Waals surface area (Å²) in [5.74, 6) is 1.87. The molecule has 0 amide bonds. The number of fused-ring (bicyclic) bond motifs is 7. The van der Waals surface area contributed by atoms with E-state index in [1.54, 1.807) is 11.8 Å². The molecule has 5 aromatic rings. The summed E-state index contributed by atoms with van der Waals surface area (Å²) in [6, 6.07) is 21.6. The molecule has 0 bridgehead atoms. The second kappa shape index (κ2) is 5.30. The number of benzene rings is 4. The number of nitrogens with one attached hydrogen (secondary N) is 1. The van der Waals surface area contributed by atoms with Crippen molar-refractivity contribution in [3.63, 3.8) is 0 Å². The monoisotopic (exact) mass is 367 g/mol. The van der Waals surface area contributed by atoms with Crippen LogP contribution >= 0.6 is 11.8 Å². The lowest BCUT2D eigenvalue weighted by molar-refractivity contribution is 0.455. The minimum atomic E-state index is 0.935. The number of aromatic amines is 1. The Bertz CT molecular complexity index is 1400. The Morgan fingerprint density at radius 1 is 0.741 bits per heavy atom. The number of para-hydroxylation sites is 1. The highest BCUT2D eigenvalue weighted by molar-refractivity contribution is 7.99. The van der Waals surface area contributed by atoms with Gasteiger partial charge >= 0.3 is 0 Å². The standard InChI is InChI=1S/C24H17NOS/c1-13-9-14(2)23-18(10-13)16-8-7-15-11-22-20(12-17(15)24(16)25-23)26-19-5-3-4-6-21(19)27-22/h3-12,25H,1-2H3. The van der Waals surface area contributed by atoms with Crippen molar-refractivity contribution in [2.45, 2.75) is 23.6 Å². The van der Waals surface area contributed by atoms with Gasteiger partial charge in [0.15, 0.2) is 0 Å². The third-order valence-corrected chi connectivity index (χ3v) is 6.49. The molecule has 0 radical (unpaired) electrons. The predicted molar refractivity (Wildman–Crippen MR) is 113 cm³/mol. The Morgan fingerprint density at radius 3 is 2.56 bits per heavy atom. The third-order valence-electron chi connectivity index (χ3n) is 5.39. The number of rotatable bonds is 0. The average Bonchev–Trinajstić information content (AvgIpc) is 3.04. The molecule has 130 valence electrons. The van der Waals surface area contributed by atoms with Crippen LogP contribution in [-0.4, -0.2) is 4.98 Å². The van der Waals surface area contributed by atoms with E-state index in [9.17, 15) is 0 Å². The van der Waals surface area contributed by atoms with Crippen LogP contribution in [0.2, 0.25) is 0 Å². The van der Waals surface area contributed by atoms with E-state index in [0.717, 1.165) is 11.5 Å². The molecule has 27 heavy (non-hydrogen) atoms. The Kier molecular flexibility index (Phi) is 2.98. The van der Waals surface area contributed by atoms with Crippen molar-refractivity contribution in [3.05, 3.63) is 71.8 Å². The molecule has 0 aliphatic carbocycles. The number of hydrogen-bond donors (Lipinski definition) is 1. The maximum absolute atomic E-state index is 6.22. The molecule has 0 saturated carbocycles. The summed E-state index contributed by atoms with van der Waals surface area (Å²) in [5.41, 5.74) is 4.99. The molecule has 1 N–H and O–H groups in total. The normalized spacial score (nSPS) is 13.0. The van der Waals surface area contributed by atoms with Crippen LogP contribution in [0.25, 0.3) is 32.6 Å². The molecule has 1 aliphatic rings. The van der Waals surface area contributed by atoms with Crippen LogP contribution in [0.4, 0.5) is 0 Å². The highest BCUT2D eigenvalue weighted by Crippen LogP contribution is 2.49. The third kappa shape index (κ3) is 2.15. The van der Waals surface area contributed by atoms with Crippen LogP contribution in [0, 0.1) is 13.8 Å². The van der Waals surface area contributed by atoms with E-state index in [2.05, 4.69) is 67.4 Å².